The van der Waals surface area contributed by atoms with Gasteiger partial charge in [-0.05, 0) is 40.8 Å². The van der Waals surface area contributed by atoms with Crippen LogP contribution in [0.15, 0.2) is 83.7 Å². The molecule has 168 valence electrons. The van der Waals surface area contributed by atoms with Gasteiger partial charge >= 0.3 is 11.7 Å². The number of benzene rings is 3. The first-order chi connectivity index (χ1) is 16.5. The fourth-order valence-corrected chi connectivity index (χ4v) is 3.53. The van der Waals surface area contributed by atoms with E-state index in [1.807, 2.05) is 19.1 Å². The molecule has 0 amide bonds. The number of hydrogen-bond donors (Lipinski definition) is 1. The Bertz CT molecular complexity index is 1470. The molecule has 0 atom stereocenters. The molecule has 0 bridgehead atoms. The molecule has 0 saturated heterocycles. The molecule has 0 aliphatic carbocycles. The molecule has 34 heavy (non-hydrogen) atoms. The molecule has 3 aromatic carbocycles. The van der Waals surface area contributed by atoms with Gasteiger partial charge in [0.15, 0.2) is 0 Å². The topological polar surface area (TPSA) is 94.2 Å². The van der Waals surface area contributed by atoms with Crippen molar-refractivity contribution in [1.29, 1.82) is 0 Å². The van der Waals surface area contributed by atoms with Crippen LogP contribution in [0.3, 0.4) is 0 Å². The Balaban J connectivity index is 1.69. The van der Waals surface area contributed by atoms with Crippen LogP contribution in [0.4, 0.5) is 0 Å². The molecule has 0 unspecified atom stereocenters. The van der Waals surface area contributed by atoms with Gasteiger partial charge in [-0.25, -0.2) is 9.59 Å². The van der Waals surface area contributed by atoms with Gasteiger partial charge in [0, 0.05) is 12.0 Å². The Kier molecular flexibility index (Phi) is 6.51. The fraction of sp³-hybridized carbons (Fsp3) is 0.111. The third-order valence-electron chi connectivity index (χ3n) is 5.22. The number of hydrogen-bond acceptors (Lipinski definition) is 4. The summed E-state index contributed by atoms with van der Waals surface area (Å²) in [5.74, 6) is 4.46. The van der Waals surface area contributed by atoms with Crippen molar-refractivity contribution in [3.8, 4) is 23.0 Å². The maximum atomic E-state index is 13.1. The van der Waals surface area contributed by atoms with Gasteiger partial charge in [-0.1, -0.05) is 73.5 Å². The van der Waals surface area contributed by atoms with Crippen molar-refractivity contribution < 1.29 is 14.7 Å². The highest BCUT2D eigenvalue weighted by atomic mass is 16.4. The van der Waals surface area contributed by atoms with E-state index >= 15 is 0 Å². The van der Waals surface area contributed by atoms with Crippen LogP contribution in [0, 0.1) is 11.8 Å². The number of carboxylic acid groups (broad SMARTS) is 1. The van der Waals surface area contributed by atoms with Crippen molar-refractivity contribution in [1.82, 2.24) is 14.3 Å². The third-order valence-corrected chi connectivity index (χ3v) is 5.22. The van der Waals surface area contributed by atoms with E-state index in [4.69, 9.17) is 0 Å². The Hall–Kier alpha value is -4.70. The van der Waals surface area contributed by atoms with E-state index in [1.54, 1.807) is 66.7 Å². The van der Waals surface area contributed by atoms with Crippen molar-refractivity contribution >= 4 is 11.9 Å². The molecule has 0 spiro atoms. The van der Waals surface area contributed by atoms with Gasteiger partial charge in [-0.2, -0.15) is 0 Å². The minimum absolute atomic E-state index is 0.162. The van der Waals surface area contributed by atoms with Gasteiger partial charge in [0.2, 0.25) is 5.82 Å². The molecular formula is C27H21N3O4. The minimum atomic E-state index is -0.999. The Labute approximate surface area is 195 Å². The Morgan fingerprint density at radius 3 is 2.29 bits per heavy atom. The van der Waals surface area contributed by atoms with Crippen molar-refractivity contribution in [2.45, 2.75) is 19.9 Å². The molecule has 1 N–H and O–H groups in total. The average molecular weight is 451 g/mol. The van der Waals surface area contributed by atoms with Gasteiger partial charge in [-0.15, -0.1) is 9.78 Å². The number of rotatable bonds is 5. The molecule has 7 nitrogen and oxygen atoms in total. The Morgan fingerprint density at radius 2 is 1.62 bits per heavy atom. The number of carboxylic acids is 1. The molecule has 4 rings (SSSR count). The van der Waals surface area contributed by atoms with Crippen LogP contribution in [0.5, 0.6) is 0 Å². The lowest BCUT2D eigenvalue weighted by atomic mass is 9.99. The lowest BCUT2D eigenvalue weighted by molar-refractivity contribution is 0.0697. The van der Waals surface area contributed by atoms with E-state index in [2.05, 4.69) is 16.9 Å². The summed E-state index contributed by atoms with van der Waals surface area (Å²) in [7, 11) is 0. The standard InChI is InChI=1S/C27H21N3O4/c1-2-3-13-24-28-30(25(31)21-9-5-4-6-10-21)27(34)29(24)18-19-14-16-20(17-15-19)22-11-7-8-12-23(22)26(32)33/h4-12,14-17H,2,18H2,1H3,(H,32,33). The highest BCUT2D eigenvalue weighted by Gasteiger charge is 2.19. The largest absolute Gasteiger partial charge is 0.478 e. The number of carbonyl (C=O) groups excluding carboxylic acids is 1. The summed E-state index contributed by atoms with van der Waals surface area (Å²) in [4.78, 5) is 37.5. The van der Waals surface area contributed by atoms with Crippen LogP contribution >= 0.6 is 0 Å². The summed E-state index contributed by atoms with van der Waals surface area (Å²) >= 11 is 0. The first-order valence-corrected chi connectivity index (χ1v) is 10.7. The summed E-state index contributed by atoms with van der Waals surface area (Å²) in [6, 6.07) is 22.5. The highest BCUT2D eigenvalue weighted by molar-refractivity contribution is 5.96. The molecule has 0 fully saturated rings. The van der Waals surface area contributed by atoms with Gasteiger partial charge < -0.3 is 5.11 Å². The molecular weight excluding hydrogens is 430 g/mol. The number of carbonyl (C=O) groups is 2. The summed E-state index contributed by atoms with van der Waals surface area (Å²) < 4.78 is 2.20. The SMILES string of the molecule is CCC#Cc1nn(C(=O)c2ccccc2)c(=O)n1Cc1ccc(-c2ccccc2C(=O)O)cc1. The molecule has 1 heterocycles. The highest BCUT2D eigenvalue weighted by Crippen LogP contribution is 2.24. The molecule has 0 aliphatic heterocycles. The van der Waals surface area contributed by atoms with E-state index in [-0.39, 0.29) is 17.9 Å². The molecule has 0 aliphatic rings. The number of nitrogens with zero attached hydrogens (tertiary/aromatic N) is 3. The van der Waals surface area contributed by atoms with E-state index in [0.29, 0.717) is 17.5 Å². The van der Waals surface area contributed by atoms with Crippen molar-refractivity contribution in [2.24, 2.45) is 0 Å². The van der Waals surface area contributed by atoms with Crippen molar-refractivity contribution in [3.63, 3.8) is 0 Å². The van der Waals surface area contributed by atoms with Crippen LogP contribution < -0.4 is 5.69 Å². The van der Waals surface area contributed by atoms with Crippen molar-refractivity contribution in [3.05, 3.63) is 112 Å². The molecule has 7 heteroatoms. The minimum Gasteiger partial charge on any atom is -0.478 e. The summed E-state index contributed by atoms with van der Waals surface area (Å²) in [6.07, 6.45) is 0.575. The van der Waals surface area contributed by atoms with Crippen LogP contribution in [0.25, 0.3) is 11.1 Å². The maximum absolute atomic E-state index is 13.1. The van der Waals surface area contributed by atoms with Gasteiger partial charge in [0.05, 0.1) is 12.1 Å². The third kappa shape index (κ3) is 4.57. The summed E-state index contributed by atoms with van der Waals surface area (Å²) in [5, 5.41) is 13.6. The molecule has 0 saturated carbocycles. The lowest BCUT2D eigenvalue weighted by Gasteiger charge is -2.08. The van der Waals surface area contributed by atoms with Gasteiger partial charge in [0.25, 0.3) is 5.91 Å². The monoisotopic (exact) mass is 451 g/mol. The predicted octanol–water partition coefficient (Wildman–Crippen LogP) is 3.91. The normalized spacial score (nSPS) is 10.4. The smallest absolute Gasteiger partial charge is 0.354 e. The van der Waals surface area contributed by atoms with E-state index in [0.717, 1.165) is 15.8 Å². The second-order valence-corrected chi connectivity index (χ2v) is 7.48. The maximum Gasteiger partial charge on any atom is 0.354 e. The lowest BCUT2D eigenvalue weighted by Crippen LogP contribution is -2.30. The average Bonchev–Trinajstić information content (AvgIpc) is 3.18. The van der Waals surface area contributed by atoms with Gasteiger partial charge in [-0.3, -0.25) is 9.36 Å². The zero-order valence-corrected chi connectivity index (χ0v) is 18.4. The van der Waals surface area contributed by atoms with E-state index in [9.17, 15) is 19.5 Å². The first-order valence-electron chi connectivity index (χ1n) is 10.7. The molecule has 0 radical (unpaired) electrons. The van der Waals surface area contributed by atoms with E-state index < -0.39 is 17.6 Å². The zero-order chi connectivity index (χ0) is 24.1. The first kappa shape index (κ1) is 22.5. The van der Waals surface area contributed by atoms with Crippen LogP contribution in [-0.4, -0.2) is 31.3 Å². The number of aromatic nitrogens is 3. The van der Waals surface area contributed by atoms with E-state index in [1.165, 1.54) is 4.57 Å². The predicted molar refractivity (Wildman–Crippen MR) is 128 cm³/mol. The van der Waals surface area contributed by atoms with Crippen LogP contribution in [0.1, 0.15) is 45.4 Å². The van der Waals surface area contributed by atoms with Crippen LogP contribution in [-0.2, 0) is 6.54 Å². The van der Waals surface area contributed by atoms with Crippen molar-refractivity contribution in [2.75, 3.05) is 0 Å². The zero-order valence-electron chi connectivity index (χ0n) is 18.4. The second kappa shape index (κ2) is 9.84. The second-order valence-electron chi connectivity index (χ2n) is 7.48. The molecule has 1 aromatic heterocycles. The quantitative estimate of drug-likeness (QED) is 0.465. The molecule has 4 aromatic rings. The number of aromatic carboxylic acids is 1. The summed E-state index contributed by atoms with van der Waals surface area (Å²) in [6.45, 7) is 2.05. The fourth-order valence-electron chi connectivity index (χ4n) is 3.53. The summed E-state index contributed by atoms with van der Waals surface area (Å²) in [5.41, 5.74) is 2.12. The Morgan fingerprint density at radius 1 is 0.941 bits per heavy atom. The van der Waals surface area contributed by atoms with Gasteiger partial charge in [0.1, 0.15) is 0 Å². The van der Waals surface area contributed by atoms with Crippen LogP contribution in [0.2, 0.25) is 0 Å².